The van der Waals surface area contributed by atoms with Crippen LogP contribution in [-0.2, 0) is 0 Å². The Morgan fingerprint density at radius 2 is 1.94 bits per heavy atom. The van der Waals surface area contributed by atoms with Crippen molar-refractivity contribution in [1.29, 1.82) is 0 Å². The molecule has 18 heavy (non-hydrogen) atoms. The van der Waals surface area contributed by atoms with E-state index in [2.05, 4.69) is 5.32 Å². The Morgan fingerprint density at radius 3 is 2.61 bits per heavy atom. The van der Waals surface area contributed by atoms with Gasteiger partial charge in [0.2, 0.25) is 0 Å². The van der Waals surface area contributed by atoms with Gasteiger partial charge in [0.1, 0.15) is 11.6 Å². The number of hydrogen-bond acceptors (Lipinski definition) is 2. The summed E-state index contributed by atoms with van der Waals surface area (Å²) >= 11 is 0. The quantitative estimate of drug-likeness (QED) is 0.854. The first-order valence-corrected chi connectivity index (χ1v) is 5.43. The number of nitrogens with one attached hydrogen (secondary N) is 1. The minimum atomic E-state index is -0.474. The van der Waals surface area contributed by atoms with Crippen LogP contribution in [-0.4, -0.2) is 11.0 Å². The Balaban J connectivity index is 2.24. The second-order valence-electron chi connectivity index (χ2n) is 3.99. The molecule has 1 amide bonds. The fraction of sp³-hybridized carbons (Fsp3) is 0.0714. The van der Waals surface area contributed by atoms with Gasteiger partial charge in [0.25, 0.3) is 5.91 Å². The number of rotatable bonds is 2. The Bertz CT molecular complexity index is 576. The third-order valence-corrected chi connectivity index (χ3v) is 2.45. The van der Waals surface area contributed by atoms with Crippen molar-refractivity contribution in [3.8, 4) is 5.75 Å². The van der Waals surface area contributed by atoms with Gasteiger partial charge in [0.15, 0.2) is 0 Å². The normalized spacial score (nSPS) is 10.1. The number of carbonyl (C=O) groups is 1. The van der Waals surface area contributed by atoms with E-state index in [0.717, 1.165) is 0 Å². The zero-order valence-corrected chi connectivity index (χ0v) is 9.77. The summed E-state index contributed by atoms with van der Waals surface area (Å²) in [5.41, 5.74) is 1.22. The van der Waals surface area contributed by atoms with Crippen molar-refractivity contribution in [2.45, 2.75) is 6.92 Å². The van der Waals surface area contributed by atoms with E-state index in [0.29, 0.717) is 11.3 Å². The van der Waals surface area contributed by atoms with E-state index in [9.17, 15) is 14.3 Å². The Labute approximate surface area is 104 Å². The number of aryl methyl sites for hydroxylation is 1. The molecule has 0 aliphatic carbocycles. The largest absolute Gasteiger partial charge is 0.507 e. The Kier molecular flexibility index (Phi) is 3.28. The van der Waals surface area contributed by atoms with Crippen LogP contribution >= 0.6 is 0 Å². The molecule has 0 radical (unpaired) electrons. The second-order valence-corrected chi connectivity index (χ2v) is 3.99. The highest BCUT2D eigenvalue weighted by molar-refractivity contribution is 6.06. The van der Waals surface area contributed by atoms with Crippen molar-refractivity contribution in [2.75, 3.05) is 5.32 Å². The molecular formula is C14H12FNO2. The van der Waals surface area contributed by atoms with Crippen LogP contribution in [0.5, 0.6) is 5.75 Å². The minimum absolute atomic E-state index is 0.108. The summed E-state index contributed by atoms with van der Waals surface area (Å²) in [6, 6.07) is 10.4. The van der Waals surface area contributed by atoms with E-state index in [-0.39, 0.29) is 11.3 Å². The summed E-state index contributed by atoms with van der Waals surface area (Å²) in [5, 5.41) is 12.1. The standard InChI is InChI=1S/C14H12FNO2/c1-9-6-10(15)8-11(7-9)16-14(18)12-4-2-3-5-13(12)17/h2-8,17H,1H3,(H,16,18). The zero-order valence-electron chi connectivity index (χ0n) is 9.77. The third-order valence-electron chi connectivity index (χ3n) is 2.45. The lowest BCUT2D eigenvalue weighted by molar-refractivity contribution is 0.102. The highest BCUT2D eigenvalue weighted by Crippen LogP contribution is 2.19. The zero-order chi connectivity index (χ0) is 13.1. The number of phenolic OH excluding ortho intramolecular Hbond substituents is 1. The molecule has 0 fully saturated rings. The molecular weight excluding hydrogens is 233 g/mol. The molecule has 92 valence electrons. The molecule has 0 atom stereocenters. The lowest BCUT2D eigenvalue weighted by Crippen LogP contribution is -2.12. The molecule has 0 unspecified atom stereocenters. The fourth-order valence-electron chi connectivity index (χ4n) is 1.67. The maximum Gasteiger partial charge on any atom is 0.259 e. The number of anilines is 1. The number of para-hydroxylation sites is 1. The molecule has 0 aliphatic heterocycles. The van der Waals surface area contributed by atoms with Gasteiger partial charge < -0.3 is 10.4 Å². The van der Waals surface area contributed by atoms with Gasteiger partial charge in [-0.05, 0) is 42.8 Å². The second kappa shape index (κ2) is 4.87. The molecule has 4 heteroatoms. The molecule has 0 aliphatic rings. The number of carbonyl (C=O) groups excluding carboxylic acids is 1. The van der Waals surface area contributed by atoms with Crippen molar-refractivity contribution in [1.82, 2.24) is 0 Å². The van der Waals surface area contributed by atoms with Crippen molar-refractivity contribution in [3.05, 3.63) is 59.4 Å². The van der Waals surface area contributed by atoms with Crippen molar-refractivity contribution < 1.29 is 14.3 Å². The summed E-state index contributed by atoms with van der Waals surface area (Å²) in [6.07, 6.45) is 0. The number of hydrogen-bond donors (Lipinski definition) is 2. The van der Waals surface area contributed by atoms with E-state index in [1.807, 2.05) is 0 Å². The Morgan fingerprint density at radius 1 is 1.22 bits per heavy atom. The molecule has 2 aromatic carbocycles. The lowest BCUT2D eigenvalue weighted by atomic mass is 10.1. The van der Waals surface area contributed by atoms with Crippen LogP contribution in [0.3, 0.4) is 0 Å². The molecule has 0 saturated heterocycles. The monoisotopic (exact) mass is 245 g/mol. The molecule has 3 nitrogen and oxygen atoms in total. The average molecular weight is 245 g/mol. The SMILES string of the molecule is Cc1cc(F)cc(NC(=O)c2ccccc2O)c1. The smallest absolute Gasteiger partial charge is 0.259 e. The number of aromatic hydroxyl groups is 1. The van der Waals surface area contributed by atoms with E-state index < -0.39 is 11.7 Å². The maximum absolute atomic E-state index is 13.2. The molecule has 0 aromatic heterocycles. The topological polar surface area (TPSA) is 49.3 Å². The van der Waals surface area contributed by atoms with Crippen LogP contribution in [0.1, 0.15) is 15.9 Å². The summed E-state index contributed by atoms with van der Waals surface area (Å²) in [7, 11) is 0. The first kappa shape index (κ1) is 12.1. The maximum atomic E-state index is 13.2. The first-order valence-electron chi connectivity index (χ1n) is 5.43. The van der Waals surface area contributed by atoms with Gasteiger partial charge in [-0.3, -0.25) is 4.79 Å². The summed E-state index contributed by atoms with van der Waals surface area (Å²) in [5.74, 6) is -0.996. The van der Waals surface area contributed by atoms with Gasteiger partial charge in [-0.25, -0.2) is 4.39 Å². The van der Waals surface area contributed by atoms with Gasteiger partial charge in [-0.15, -0.1) is 0 Å². The van der Waals surface area contributed by atoms with Crippen molar-refractivity contribution in [3.63, 3.8) is 0 Å². The number of amides is 1. The van der Waals surface area contributed by atoms with E-state index >= 15 is 0 Å². The van der Waals surface area contributed by atoms with Gasteiger partial charge in [-0.1, -0.05) is 12.1 Å². The number of benzene rings is 2. The van der Waals surface area contributed by atoms with E-state index in [1.54, 1.807) is 25.1 Å². The van der Waals surface area contributed by atoms with Crippen LogP contribution in [0, 0.1) is 12.7 Å². The molecule has 0 spiro atoms. The molecule has 0 heterocycles. The predicted octanol–water partition coefficient (Wildman–Crippen LogP) is 3.09. The third kappa shape index (κ3) is 2.66. The Hall–Kier alpha value is -2.36. The van der Waals surface area contributed by atoms with Gasteiger partial charge in [0.05, 0.1) is 5.56 Å². The highest BCUT2D eigenvalue weighted by atomic mass is 19.1. The van der Waals surface area contributed by atoms with Crippen LogP contribution in [0.25, 0.3) is 0 Å². The van der Waals surface area contributed by atoms with Crippen LogP contribution in [0.4, 0.5) is 10.1 Å². The lowest BCUT2D eigenvalue weighted by Gasteiger charge is -2.07. The molecule has 2 aromatic rings. The molecule has 0 saturated carbocycles. The average Bonchev–Trinajstić information content (AvgIpc) is 2.27. The summed E-state index contributed by atoms with van der Waals surface area (Å²) in [4.78, 5) is 11.9. The van der Waals surface area contributed by atoms with Crippen molar-refractivity contribution >= 4 is 11.6 Å². The van der Waals surface area contributed by atoms with Crippen LogP contribution < -0.4 is 5.32 Å². The first-order chi connectivity index (χ1) is 8.56. The molecule has 0 bridgehead atoms. The minimum Gasteiger partial charge on any atom is -0.507 e. The fourth-order valence-corrected chi connectivity index (χ4v) is 1.67. The number of phenols is 1. The summed E-state index contributed by atoms with van der Waals surface area (Å²) in [6.45, 7) is 1.73. The van der Waals surface area contributed by atoms with Gasteiger partial charge >= 0.3 is 0 Å². The van der Waals surface area contributed by atoms with E-state index in [4.69, 9.17) is 0 Å². The highest BCUT2D eigenvalue weighted by Gasteiger charge is 2.10. The molecule has 2 N–H and O–H groups in total. The summed E-state index contributed by atoms with van der Waals surface area (Å²) < 4.78 is 13.2. The molecule has 2 rings (SSSR count). The van der Waals surface area contributed by atoms with Crippen LogP contribution in [0.2, 0.25) is 0 Å². The van der Waals surface area contributed by atoms with E-state index in [1.165, 1.54) is 24.3 Å². The van der Waals surface area contributed by atoms with Crippen LogP contribution in [0.15, 0.2) is 42.5 Å². The number of halogens is 1. The predicted molar refractivity (Wildman–Crippen MR) is 67.2 cm³/mol. The van der Waals surface area contributed by atoms with Gasteiger partial charge in [-0.2, -0.15) is 0 Å². The van der Waals surface area contributed by atoms with Gasteiger partial charge in [0, 0.05) is 5.69 Å². The van der Waals surface area contributed by atoms with Crippen molar-refractivity contribution in [2.24, 2.45) is 0 Å².